The van der Waals surface area contributed by atoms with Crippen LogP contribution in [-0.4, -0.2) is 31.3 Å². The van der Waals surface area contributed by atoms with E-state index in [-0.39, 0.29) is 6.04 Å². The molecule has 1 aromatic carbocycles. The summed E-state index contributed by atoms with van der Waals surface area (Å²) in [4.78, 5) is 24.7. The SMILES string of the molecule is CCOC(=O)c1ccc(N2C(=O)OCC2C)c(Cl)c1. The molecule has 0 aromatic heterocycles. The third-order valence-electron chi connectivity index (χ3n) is 2.80. The number of carbonyl (C=O) groups is 2. The van der Waals surface area contributed by atoms with Crippen LogP contribution in [0.4, 0.5) is 10.5 Å². The van der Waals surface area contributed by atoms with Gasteiger partial charge in [-0.15, -0.1) is 0 Å². The molecule has 0 aliphatic carbocycles. The van der Waals surface area contributed by atoms with Gasteiger partial charge in [0.1, 0.15) is 6.61 Å². The molecule has 1 aromatic rings. The Morgan fingerprint density at radius 1 is 1.58 bits per heavy atom. The summed E-state index contributed by atoms with van der Waals surface area (Å²) in [6, 6.07) is 4.61. The average molecular weight is 284 g/mol. The van der Waals surface area contributed by atoms with Crippen LogP contribution in [0.5, 0.6) is 0 Å². The Labute approximate surface area is 116 Å². The zero-order valence-electron chi connectivity index (χ0n) is 10.7. The van der Waals surface area contributed by atoms with E-state index < -0.39 is 12.1 Å². The molecule has 0 saturated carbocycles. The predicted molar refractivity (Wildman–Crippen MR) is 70.7 cm³/mol. The minimum absolute atomic E-state index is 0.0848. The highest BCUT2D eigenvalue weighted by atomic mass is 35.5. The number of rotatable bonds is 3. The number of amides is 1. The molecular formula is C13H14ClNO4. The molecule has 0 bridgehead atoms. The van der Waals surface area contributed by atoms with Crippen molar-refractivity contribution in [1.29, 1.82) is 0 Å². The summed E-state index contributed by atoms with van der Waals surface area (Å²) in [5, 5.41) is 0.316. The van der Waals surface area contributed by atoms with Gasteiger partial charge < -0.3 is 9.47 Å². The van der Waals surface area contributed by atoms with Gasteiger partial charge >= 0.3 is 12.1 Å². The molecule has 0 spiro atoms. The van der Waals surface area contributed by atoms with Crippen molar-refractivity contribution < 1.29 is 19.1 Å². The smallest absolute Gasteiger partial charge is 0.414 e. The van der Waals surface area contributed by atoms with Crippen LogP contribution in [0.1, 0.15) is 24.2 Å². The Kier molecular flexibility index (Phi) is 3.95. The highest BCUT2D eigenvalue weighted by Gasteiger charge is 2.32. The standard InChI is InChI=1S/C13H14ClNO4/c1-3-18-12(16)9-4-5-11(10(14)6-9)15-8(2)7-19-13(15)17/h4-6,8H,3,7H2,1-2H3. The molecule has 1 atom stereocenters. The second-order valence-electron chi connectivity index (χ2n) is 4.18. The molecule has 1 fully saturated rings. The van der Waals surface area contributed by atoms with Crippen LogP contribution >= 0.6 is 11.6 Å². The van der Waals surface area contributed by atoms with Crippen LogP contribution in [0.2, 0.25) is 5.02 Å². The van der Waals surface area contributed by atoms with E-state index in [4.69, 9.17) is 21.1 Å². The summed E-state index contributed by atoms with van der Waals surface area (Å²) >= 11 is 6.13. The molecular weight excluding hydrogens is 270 g/mol. The molecule has 1 aliphatic rings. The van der Waals surface area contributed by atoms with Gasteiger partial charge in [-0.05, 0) is 32.0 Å². The first kappa shape index (κ1) is 13.7. The van der Waals surface area contributed by atoms with E-state index >= 15 is 0 Å². The van der Waals surface area contributed by atoms with Crippen LogP contribution < -0.4 is 4.90 Å². The van der Waals surface area contributed by atoms with Gasteiger partial charge in [-0.1, -0.05) is 11.6 Å². The van der Waals surface area contributed by atoms with Crippen molar-refractivity contribution in [2.24, 2.45) is 0 Å². The van der Waals surface area contributed by atoms with Crippen molar-refractivity contribution in [3.05, 3.63) is 28.8 Å². The monoisotopic (exact) mass is 283 g/mol. The molecule has 0 N–H and O–H groups in total. The van der Waals surface area contributed by atoms with E-state index in [1.165, 1.54) is 11.0 Å². The predicted octanol–water partition coefficient (Wildman–Crippen LogP) is 2.86. The van der Waals surface area contributed by atoms with E-state index in [0.717, 1.165) is 0 Å². The van der Waals surface area contributed by atoms with Crippen molar-refractivity contribution in [2.45, 2.75) is 19.9 Å². The maximum Gasteiger partial charge on any atom is 0.414 e. The topological polar surface area (TPSA) is 55.8 Å². The van der Waals surface area contributed by atoms with Crippen LogP contribution in [0.3, 0.4) is 0 Å². The van der Waals surface area contributed by atoms with Gasteiger partial charge in [-0.2, -0.15) is 0 Å². The highest BCUT2D eigenvalue weighted by molar-refractivity contribution is 6.34. The van der Waals surface area contributed by atoms with E-state index in [2.05, 4.69) is 0 Å². The van der Waals surface area contributed by atoms with Crippen molar-refractivity contribution in [3.8, 4) is 0 Å². The van der Waals surface area contributed by atoms with Crippen LogP contribution in [0.15, 0.2) is 18.2 Å². The molecule has 102 valence electrons. The van der Waals surface area contributed by atoms with E-state index in [1.54, 1.807) is 19.1 Å². The van der Waals surface area contributed by atoms with Gasteiger partial charge in [-0.3, -0.25) is 4.90 Å². The lowest BCUT2D eigenvalue weighted by Gasteiger charge is -2.19. The molecule has 6 heteroatoms. The van der Waals surface area contributed by atoms with Crippen molar-refractivity contribution in [3.63, 3.8) is 0 Å². The van der Waals surface area contributed by atoms with Crippen LogP contribution in [0, 0.1) is 0 Å². The first-order valence-corrected chi connectivity index (χ1v) is 6.35. The fraction of sp³-hybridized carbons (Fsp3) is 0.385. The minimum atomic E-state index is -0.437. The van der Waals surface area contributed by atoms with Gasteiger partial charge in [0.15, 0.2) is 0 Å². The van der Waals surface area contributed by atoms with Gasteiger partial charge in [0.05, 0.1) is 28.9 Å². The summed E-state index contributed by atoms with van der Waals surface area (Å²) in [7, 11) is 0. The van der Waals surface area contributed by atoms with Gasteiger partial charge in [0, 0.05) is 0 Å². The molecule has 1 saturated heterocycles. The number of anilines is 1. The number of carbonyl (C=O) groups excluding carboxylic acids is 2. The van der Waals surface area contributed by atoms with Gasteiger partial charge in [0.2, 0.25) is 0 Å². The molecule has 1 unspecified atom stereocenters. The zero-order chi connectivity index (χ0) is 14.0. The van der Waals surface area contributed by atoms with Crippen molar-refractivity contribution in [1.82, 2.24) is 0 Å². The maximum atomic E-state index is 11.6. The summed E-state index contributed by atoms with van der Waals surface area (Å²) in [5.74, 6) is -0.437. The second kappa shape index (κ2) is 5.48. The lowest BCUT2D eigenvalue weighted by molar-refractivity contribution is 0.0526. The highest BCUT2D eigenvalue weighted by Crippen LogP contribution is 2.31. The second-order valence-corrected chi connectivity index (χ2v) is 4.59. The number of hydrogen-bond donors (Lipinski definition) is 0. The number of nitrogens with zero attached hydrogens (tertiary/aromatic N) is 1. The van der Waals surface area contributed by atoms with Crippen molar-refractivity contribution >= 4 is 29.4 Å². The van der Waals surface area contributed by atoms with E-state index in [1.807, 2.05) is 6.92 Å². The molecule has 1 amide bonds. The zero-order valence-corrected chi connectivity index (χ0v) is 11.4. The number of benzene rings is 1. The third kappa shape index (κ3) is 2.66. The Morgan fingerprint density at radius 2 is 2.32 bits per heavy atom. The van der Waals surface area contributed by atoms with Gasteiger partial charge in [0.25, 0.3) is 0 Å². The Morgan fingerprint density at radius 3 is 2.84 bits per heavy atom. The molecule has 0 radical (unpaired) electrons. The number of halogens is 1. The summed E-state index contributed by atoms with van der Waals surface area (Å²) in [5.41, 5.74) is 0.889. The number of esters is 1. The quantitative estimate of drug-likeness (QED) is 0.801. The molecule has 5 nitrogen and oxygen atoms in total. The van der Waals surface area contributed by atoms with Crippen LogP contribution in [0.25, 0.3) is 0 Å². The number of cyclic esters (lactones) is 1. The fourth-order valence-electron chi connectivity index (χ4n) is 1.90. The van der Waals surface area contributed by atoms with Crippen molar-refractivity contribution in [2.75, 3.05) is 18.1 Å². The first-order valence-electron chi connectivity index (χ1n) is 5.97. The lowest BCUT2D eigenvalue weighted by atomic mass is 10.2. The van der Waals surface area contributed by atoms with Crippen LogP contribution in [-0.2, 0) is 9.47 Å². The number of ether oxygens (including phenoxy) is 2. The maximum absolute atomic E-state index is 11.6. The normalized spacial score (nSPS) is 18.4. The Hall–Kier alpha value is -1.75. The Balaban J connectivity index is 2.29. The fourth-order valence-corrected chi connectivity index (χ4v) is 2.17. The van der Waals surface area contributed by atoms with E-state index in [0.29, 0.717) is 29.5 Å². The third-order valence-corrected chi connectivity index (χ3v) is 3.11. The molecule has 1 aliphatic heterocycles. The molecule has 19 heavy (non-hydrogen) atoms. The minimum Gasteiger partial charge on any atom is -0.462 e. The summed E-state index contributed by atoms with van der Waals surface area (Å²) in [6.45, 7) is 4.22. The summed E-state index contributed by atoms with van der Waals surface area (Å²) < 4.78 is 9.83. The molecule has 2 rings (SSSR count). The van der Waals surface area contributed by atoms with Gasteiger partial charge in [-0.25, -0.2) is 9.59 Å². The van der Waals surface area contributed by atoms with E-state index in [9.17, 15) is 9.59 Å². The summed E-state index contributed by atoms with van der Waals surface area (Å²) in [6.07, 6.45) is -0.432. The first-order chi connectivity index (χ1) is 9.04. The number of hydrogen-bond acceptors (Lipinski definition) is 4. The molecule has 1 heterocycles. The average Bonchev–Trinajstić information content (AvgIpc) is 2.70. The Bertz CT molecular complexity index is 517. The lowest BCUT2D eigenvalue weighted by Crippen LogP contribution is -2.31. The largest absolute Gasteiger partial charge is 0.462 e.